The summed E-state index contributed by atoms with van der Waals surface area (Å²) >= 11 is 6.61. The minimum Gasteiger partial charge on any atom is -0.463 e. The number of nitrogens with zero attached hydrogens (tertiary/aromatic N) is 2. The normalized spacial score (nSPS) is 24.3. The summed E-state index contributed by atoms with van der Waals surface area (Å²) in [5.41, 5.74) is -0.673. The molecule has 1 N–H and O–H groups in total. The van der Waals surface area contributed by atoms with E-state index in [4.69, 9.17) is 14.2 Å². The molecular weight excluding hydrogens is 494 g/mol. The Morgan fingerprint density at radius 1 is 1.30 bits per heavy atom. The summed E-state index contributed by atoms with van der Waals surface area (Å²) in [4.78, 5) is 53.2. The van der Waals surface area contributed by atoms with E-state index in [9.17, 15) is 19.2 Å². The third-order valence-corrected chi connectivity index (χ3v) is 5.29. The molecule has 1 aromatic rings. The average molecular weight is 511 g/mol. The Morgan fingerprint density at radius 2 is 1.96 bits per heavy atom. The van der Waals surface area contributed by atoms with E-state index in [1.54, 1.807) is 0 Å². The van der Waals surface area contributed by atoms with Gasteiger partial charge in [-0.3, -0.25) is 24.3 Å². The lowest BCUT2D eigenvalue weighted by molar-refractivity contribution is -0.150. The number of halogens is 2. The number of H-pyrrole nitrogens is 1. The summed E-state index contributed by atoms with van der Waals surface area (Å²) in [5, 5.41) is 0. The van der Waals surface area contributed by atoms with Gasteiger partial charge in [-0.2, -0.15) is 0 Å². The Balaban J connectivity index is 2.43. The number of carbonyl (C=O) groups excluding carboxylic acids is 3. The first kappa shape index (κ1) is 21.5. The molecule has 2 rings (SSSR count). The number of carbonyl (C=O) groups is 3. The van der Waals surface area contributed by atoms with Crippen molar-refractivity contribution in [2.75, 3.05) is 11.5 Å². The standard InChI is InChI=1S/C15H17Br2N3O7/c1-6(21)20(13-9(16)4-18-15(24)19-13)14-12(26-8(3)23)11(17)10(27-14)5-25-7(2)22/h4,10-12,14H,5H2,1-3H3,(H,18,19,24)/t10-,11+,12-,14-/m1/s1. The van der Waals surface area contributed by atoms with Gasteiger partial charge in [-0.1, -0.05) is 15.9 Å². The average Bonchev–Trinajstić information content (AvgIpc) is 2.85. The molecule has 12 heteroatoms. The first-order valence-corrected chi connectivity index (χ1v) is 9.47. The fourth-order valence-corrected chi connectivity index (χ4v) is 3.60. The number of rotatable bonds is 5. The first-order valence-electron chi connectivity index (χ1n) is 7.76. The lowest BCUT2D eigenvalue weighted by Gasteiger charge is -2.31. The van der Waals surface area contributed by atoms with E-state index < -0.39 is 46.8 Å². The number of amides is 1. The predicted molar refractivity (Wildman–Crippen MR) is 99.3 cm³/mol. The van der Waals surface area contributed by atoms with Gasteiger partial charge in [-0.15, -0.1) is 0 Å². The molecule has 0 bridgehead atoms. The van der Waals surface area contributed by atoms with Crippen LogP contribution in [-0.2, 0) is 28.6 Å². The Morgan fingerprint density at radius 3 is 2.52 bits per heavy atom. The summed E-state index contributed by atoms with van der Waals surface area (Å²) < 4.78 is 16.5. The topological polar surface area (TPSA) is 128 Å². The second-order valence-corrected chi connectivity index (χ2v) is 7.57. The molecule has 1 aliphatic rings. The van der Waals surface area contributed by atoms with Crippen LogP contribution >= 0.6 is 31.9 Å². The summed E-state index contributed by atoms with van der Waals surface area (Å²) in [7, 11) is 0. The fraction of sp³-hybridized carbons (Fsp3) is 0.533. The summed E-state index contributed by atoms with van der Waals surface area (Å²) in [6, 6.07) is 0. The van der Waals surface area contributed by atoms with Crippen LogP contribution in [0.5, 0.6) is 0 Å². The van der Waals surface area contributed by atoms with Crippen molar-refractivity contribution in [3.8, 4) is 0 Å². The number of esters is 2. The number of aromatic amines is 1. The van der Waals surface area contributed by atoms with Crippen LogP contribution in [0.4, 0.5) is 5.82 Å². The van der Waals surface area contributed by atoms with Crippen LogP contribution in [0.15, 0.2) is 15.5 Å². The minimum absolute atomic E-state index is 0.0949. The Bertz CT molecular complexity index is 800. The molecule has 1 aliphatic heterocycles. The fourth-order valence-electron chi connectivity index (χ4n) is 2.56. The van der Waals surface area contributed by atoms with Crippen LogP contribution in [0.25, 0.3) is 0 Å². The molecule has 1 aromatic heterocycles. The van der Waals surface area contributed by atoms with Gasteiger partial charge in [0.05, 0.1) is 15.5 Å². The zero-order valence-corrected chi connectivity index (χ0v) is 17.8. The maximum atomic E-state index is 12.3. The summed E-state index contributed by atoms with van der Waals surface area (Å²) in [5.74, 6) is -1.47. The molecule has 0 aromatic carbocycles. The van der Waals surface area contributed by atoms with Crippen molar-refractivity contribution in [3.63, 3.8) is 0 Å². The predicted octanol–water partition coefficient (Wildman–Crippen LogP) is 0.868. The number of aromatic nitrogens is 2. The van der Waals surface area contributed by atoms with Crippen molar-refractivity contribution < 1.29 is 28.6 Å². The minimum atomic E-state index is -1.08. The van der Waals surface area contributed by atoms with Gasteiger partial charge in [0.25, 0.3) is 0 Å². The van der Waals surface area contributed by atoms with E-state index in [0.29, 0.717) is 4.47 Å². The van der Waals surface area contributed by atoms with Crippen LogP contribution in [-0.4, -0.2) is 57.7 Å². The van der Waals surface area contributed by atoms with Crippen LogP contribution in [0, 0.1) is 0 Å². The van der Waals surface area contributed by atoms with E-state index in [-0.39, 0.29) is 12.4 Å². The van der Waals surface area contributed by atoms with Gasteiger partial charge in [0, 0.05) is 20.8 Å². The Hall–Kier alpha value is -1.79. The van der Waals surface area contributed by atoms with Crippen LogP contribution < -0.4 is 10.6 Å². The highest BCUT2D eigenvalue weighted by Gasteiger charge is 2.50. The number of anilines is 1. The molecule has 1 amide bonds. The van der Waals surface area contributed by atoms with E-state index in [2.05, 4.69) is 41.8 Å². The maximum absolute atomic E-state index is 12.3. The van der Waals surface area contributed by atoms with Gasteiger partial charge in [-0.25, -0.2) is 9.78 Å². The van der Waals surface area contributed by atoms with Crippen molar-refractivity contribution in [3.05, 3.63) is 21.2 Å². The molecule has 1 saturated heterocycles. The molecular formula is C15H17Br2N3O7. The molecule has 4 atom stereocenters. The largest absolute Gasteiger partial charge is 0.463 e. The highest BCUT2D eigenvalue weighted by Crippen LogP contribution is 2.35. The molecule has 148 valence electrons. The maximum Gasteiger partial charge on any atom is 0.346 e. The number of nitrogens with one attached hydrogen (secondary N) is 1. The van der Waals surface area contributed by atoms with Crippen molar-refractivity contribution >= 4 is 55.5 Å². The molecule has 0 aliphatic carbocycles. The van der Waals surface area contributed by atoms with Crippen molar-refractivity contribution in [2.45, 2.75) is 44.0 Å². The number of alkyl halides is 1. The molecule has 0 radical (unpaired) electrons. The second-order valence-electron chi connectivity index (χ2n) is 5.66. The van der Waals surface area contributed by atoms with Gasteiger partial charge < -0.3 is 14.2 Å². The van der Waals surface area contributed by atoms with Crippen LogP contribution in [0.1, 0.15) is 20.8 Å². The Kier molecular flexibility index (Phi) is 7.12. The van der Waals surface area contributed by atoms with Gasteiger partial charge in [0.1, 0.15) is 18.5 Å². The van der Waals surface area contributed by atoms with Gasteiger partial charge in [0.2, 0.25) is 5.91 Å². The zero-order valence-electron chi connectivity index (χ0n) is 14.6. The van der Waals surface area contributed by atoms with Crippen molar-refractivity contribution in [1.82, 2.24) is 9.97 Å². The van der Waals surface area contributed by atoms with E-state index in [0.717, 1.165) is 4.90 Å². The summed E-state index contributed by atoms with van der Waals surface area (Å²) in [6.07, 6.45) is -1.46. The lowest BCUT2D eigenvalue weighted by Crippen LogP contribution is -2.48. The molecule has 10 nitrogen and oxygen atoms in total. The third kappa shape index (κ3) is 5.14. The number of ether oxygens (including phenoxy) is 3. The van der Waals surface area contributed by atoms with Crippen molar-refractivity contribution in [2.24, 2.45) is 0 Å². The second kappa shape index (κ2) is 8.93. The molecule has 2 heterocycles. The molecule has 0 saturated carbocycles. The van der Waals surface area contributed by atoms with E-state index >= 15 is 0 Å². The monoisotopic (exact) mass is 509 g/mol. The molecule has 1 fully saturated rings. The van der Waals surface area contributed by atoms with Crippen LogP contribution in [0.3, 0.4) is 0 Å². The third-order valence-electron chi connectivity index (χ3n) is 3.60. The van der Waals surface area contributed by atoms with E-state index in [1.165, 1.54) is 27.0 Å². The lowest BCUT2D eigenvalue weighted by atomic mass is 10.2. The number of hydrogen-bond donors (Lipinski definition) is 1. The molecule has 0 spiro atoms. The smallest absolute Gasteiger partial charge is 0.346 e. The van der Waals surface area contributed by atoms with Crippen LogP contribution in [0.2, 0.25) is 0 Å². The van der Waals surface area contributed by atoms with Gasteiger partial charge in [0.15, 0.2) is 12.3 Å². The highest BCUT2D eigenvalue weighted by molar-refractivity contribution is 9.10. The zero-order chi connectivity index (χ0) is 20.3. The summed E-state index contributed by atoms with van der Waals surface area (Å²) in [6.45, 7) is 3.62. The van der Waals surface area contributed by atoms with Gasteiger partial charge in [-0.05, 0) is 15.9 Å². The quantitative estimate of drug-likeness (QED) is 0.456. The SMILES string of the molecule is CC(=O)OC[C@H]1O[C@@H](N(C(C)=O)c2[nH]c(=O)ncc2Br)[C@H](OC(C)=O)[C@H]1Br. The van der Waals surface area contributed by atoms with Gasteiger partial charge >= 0.3 is 17.6 Å². The van der Waals surface area contributed by atoms with E-state index in [1.807, 2.05) is 0 Å². The number of hydrogen-bond acceptors (Lipinski definition) is 8. The molecule has 27 heavy (non-hydrogen) atoms. The Labute approximate surface area is 170 Å². The molecule has 0 unspecified atom stereocenters. The van der Waals surface area contributed by atoms with Crippen molar-refractivity contribution in [1.29, 1.82) is 0 Å². The highest BCUT2D eigenvalue weighted by atomic mass is 79.9. The first-order chi connectivity index (χ1) is 12.6.